The molecule has 2 heterocycles. The molecule has 0 aromatic carbocycles. The number of Topliss-reactive ketones (excluding diaryl/α,β-unsaturated/α-hetero) is 1. The van der Waals surface area contributed by atoms with E-state index in [-0.39, 0.29) is 16.5 Å². The lowest BCUT2D eigenvalue weighted by atomic mass is 10.2. The van der Waals surface area contributed by atoms with Crippen molar-refractivity contribution in [2.75, 3.05) is 7.11 Å². The second-order valence-corrected chi connectivity index (χ2v) is 3.12. The highest BCUT2D eigenvalue weighted by atomic mass is 35.5. The molecule has 0 saturated heterocycles. The zero-order valence-corrected chi connectivity index (χ0v) is 8.04. The third-order valence-corrected chi connectivity index (χ3v) is 2.34. The van der Waals surface area contributed by atoms with Gasteiger partial charge in [-0.25, -0.2) is 0 Å². The molecule has 14 heavy (non-hydrogen) atoms. The van der Waals surface area contributed by atoms with Crippen LogP contribution in [0.15, 0.2) is 29.1 Å². The molecule has 0 bridgehead atoms. The number of aromatic nitrogens is 1. The van der Waals surface area contributed by atoms with Crippen LogP contribution >= 0.6 is 11.6 Å². The van der Waals surface area contributed by atoms with Crippen LogP contribution in [0.4, 0.5) is 0 Å². The molecule has 0 saturated carbocycles. The second-order valence-electron chi connectivity index (χ2n) is 2.74. The van der Waals surface area contributed by atoms with Gasteiger partial charge < -0.3 is 4.74 Å². The summed E-state index contributed by atoms with van der Waals surface area (Å²) in [5.74, 6) is -0.925. The van der Waals surface area contributed by atoms with Crippen molar-refractivity contribution >= 4 is 23.3 Å². The second kappa shape index (κ2) is 2.99. The van der Waals surface area contributed by atoms with Gasteiger partial charge in [0, 0.05) is 6.20 Å². The highest BCUT2D eigenvalue weighted by Crippen LogP contribution is 2.24. The van der Waals surface area contributed by atoms with Gasteiger partial charge in [-0.15, -0.1) is 0 Å². The number of allylic oxidation sites excluding steroid dienone is 2. The number of methoxy groups -OCH3 is 1. The highest BCUT2D eigenvalue weighted by molar-refractivity contribution is 6.47. The third-order valence-electron chi connectivity index (χ3n) is 2.00. The van der Waals surface area contributed by atoms with Crippen molar-refractivity contribution < 1.29 is 14.3 Å². The number of hydrogen-bond acceptors (Lipinski definition) is 3. The zero-order chi connectivity index (χ0) is 10.3. The Morgan fingerprint density at radius 1 is 1.43 bits per heavy atom. The number of nitrogens with zero attached hydrogens (tertiary/aromatic N) is 1. The Kier molecular flexibility index (Phi) is 1.93. The molecule has 0 radical (unpaired) electrons. The monoisotopic (exact) mass is 211 g/mol. The summed E-state index contributed by atoms with van der Waals surface area (Å²) < 4.78 is 5.98. The van der Waals surface area contributed by atoms with Crippen LogP contribution < -0.4 is 0 Å². The summed E-state index contributed by atoms with van der Waals surface area (Å²) in [6.07, 6.45) is 1.50. The first kappa shape index (κ1) is 9.02. The van der Waals surface area contributed by atoms with Crippen molar-refractivity contribution in [3.8, 4) is 0 Å². The number of ether oxygens (including phenoxy) is 1. The van der Waals surface area contributed by atoms with Gasteiger partial charge in [0.1, 0.15) is 5.03 Å². The molecule has 0 fully saturated rings. The number of halogens is 1. The number of rotatable bonds is 1. The van der Waals surface area contributed by atoms with E-state index >= 15 is 0 Å². The molecule has 72 valence electrons. The van der Waals surface area contributed by atoms with Gasteiger partial charge in [-0.1, -0.05) is 11.6 Å². The van der Waals surface area contributed by atoms with E-state index in [1.807, 2.05) is 0 Å². The summed E-state index contributed by atoms with van der Waals surface area (Å²) >= 11 is 5.68. The van der Waals surface area contributed by atoms with Crippen LogP contribution in [0.5, 0.6) is 0 Å². The molecule has 0 unspecified atom stereocenters. The number of ketones is 1. The number of hydrogen-bond donors (Lipinski definition) is 0. The average Bonchev–Trinajstić information content (AvgIpc) is 2.64. The molecule has 1 aliphatic rings. The Morgan fingerprint density at radius 3 is 2.79 bits per heavy atom. The minimum absolute atomic E-state index is 0.111. The van der Waals surface area contributed by atoms with E-state index in [0.717, 1.165) is 0 Å². The van der Waals surface area contributed by atoms with Crippen molar-refractivity contribution in [1.29, 1.82) is 0 Å². The molecule has 5 heteroatoms. The van der Waals surface area contributed by atoms with Gasteiger partial charge in [-0.3, -0.25) is 14.2 Å². The summed E-state index contributed by atoms with van der Waals surface area (Å²) in [5, 5.41) is -0.163. The SMILES string of the molecule is COC1=C(Cl)C(=O)c2cccn2C1=O. The van der Waals surface area contributed by atoms with E-state index in [1.54, 1.807) is 6.07 Å². The van der Waals surface area contributed by atoms with Crippen LogP contribution in [0.1, 0.15) is 15.3 Å². The standard InChI is InChI=1S/C9H6ClNO3/c1-14-8-6(10)7(12)5-3-2-4-11(5)9(8)13/h2-4H,1H3. The topological polar surface area (TPSA) is 48.3 Å². The molecule has 0 aliphatic carbocycles. The molecule has 1 aliphatic heterocycles. The number of fused-ring (bicyclic) bond motifs is 1. The van der Waals surface area contributed by atoms with Crippen LogP contribution in [-0.4, -0.2) is 23.4 Å². The van der Waals surface area contributed by atoms with Crippen molar-refractivity contribution in [2.24, 2.45) is 0 Å². The Morgan fingerprint density at radius 2 is 2.14 bits per heavy atom. The van der Waals surface area contributed by atoms with Gasteiger partial charge >= 0.3 is 0 Å². The van der Waals surface area contributed by atoms with E-state index in [9.17, 15) is 9.59 Å². The molecular formula is C9H6ClNO3. The summed E-state index contributed by atoms with van der Waals surface area (Å²) in [5.41, 5.74) is 0.265. The van der Waals surface area contributed by atoms with E-state index in [4.69, 9.17) is 16.3 Å². The maximum Gasteiger partial charge on any atom is 0.299 e. The molecule has 1 aromatic heterocycles. The predicted molar refractivity (Wildman–Crippen MR) is 49.3 cm³/mol. The Labute approximate surface area is 84.7 Å². The maximum absolute atomic E-state index is 11.6. The summed E-state index contributed by atoms with van der Waals surface area (Å²) in [6.45, 7) is 0. The molecule has 0 amide bonds. The third kappa shape index (κ3) is 1.01. The van der Waals surface area contributed by atoms with Gasteiger partial charge in [-0.2, -0.15) is 0 Å². The smallest absolute Gasteiger partial charge is 0.299 e. The van der Waals surface area contributed by atoms with Gasteiger partial charge in [-0.05, 0) is 12.1 Å². The van der Waals surface area contributed by atoms with Crippen molar-refractivity contribution in [3.63, 3.8) is 0 Å². The lowest BCUT2D eigenvalue weighted by Crippen LogP contribution is -2.26. The molecule has 0 spiro atoms. The fraction of sp³-hybridized carbons (Fsp3) is 0.111. The van der Waals surface area contributed by atoms with Crippen molar-refractivity contribution in [1.82, 2.24) is 4.57 Å². The Balaban J connectivity index is 2.66. The van der Waals surface area contributed by atoms with E-state index in [2.05, 4.69) is 0 Å². The minimum atomic E-state index is -0.419. The first-order valence-corrected chi connectivity index (χ1v) is 4.25. The number of carbonyl (C=O) groups excluding carboxylic acids is 2. The molecular weight excluding hydrogens is 206 g/mol. The normalized spacial score (nSPS) is 15.9. The minimum Gasteiger partial charge on any atom is -0.490 e. The van der Waals surface area contributed by atoms with E-state index in [1.165, 1.54) is 23.9 Å². The number of carbonyl (C=O) groups is 2. The predicted octanol–water partition coefficient (Wildman–Crippen LogP) is 1.42. The van der Waals surface area contributed by atoms with Crippen LogP contribution in [-0.2, 0) is 4.74 Å². The van der Waals surface area contributed by atoms with Crippen LogP contribution in [0.25, 0.3) is 0 Å². The van der Waals surface area contributed by atoms with E-state index < -0.39 is 11.7 Å². The Hall–Kier alpha value is -1.55. The summed E-state index contributed by atoms with van der Waals surface area (Å²) in [7, 11) is 1.30. The lowest BCUT2D eigenvalue weighted by molar-refractivity contribution is 0.0830. The lowest BCUT2D eigenvalue weighted by Gasteiger charge is -2.15. The van der Waals surface area contributed by atoms with Crippen molar-refractivity contribution in [2.45, 2.75) is 0 Å². The quantitative estimate of drug-likeness (QED) is 0.706. The van der Waals surface area contributed by atoms with Gasteiger partial charge in [0.05, 0.1) is 12.8 Å². The van der Waals surface area contributed by atoms with Gasteiger partial charge in [0.15, 0.2) is 0 Å². The van der Waals surface area contributed by atoms with Crippen LogP contribution in [0, 0.1) is 0 Å². The largest absolute Gasteiger partial charge is 0.490 e. The first-order chi connectivity index (χ1) is 6.66. The summed E-state index contributed by atoms with van der Waals surface area (Å²) in [6, 6.07) is 3.14. The highest BCUT2D eigenvalue weighted by Gasteiger charge is 2.31. The van der Waals surface area contributed by atoms with Crippen molar-refractivity contribution in [3.05, 3.63) is 34.8 Å². The summed E-state index contributed by atoms with van der Waals surface area (Å²) in [4.78, 5) is 23.2. The fourth-order valence-corrected chi connectivity index (χ4v) is 1.59. The first-order valence-electron chi connectivity index (χ1n) is 3.87. The fourth-order valence-electron chi connectivity index (χ4n) is 1.34. The Bertz CT molecular complexity index is 458. The average molecular weight is 212 g/mol. The zero-order valence-electron chi connectivity index (χ0n) is 7.28. The molecule has 1 aromatic rings. The van der Waals surface area contributed by atoms with E-state index in [0.29, 0.717) is 0 Å². The maximum atomic E-state index is 11.6. The van der Waals surface area contributed by atoms with Crippen LogP contribution in [0.2, 0.25) is 0 Å². The molecule has 4 nitrogen and oxygen atoms in total. The molecule has 0 atom stereocenters. The van der Waals surface area contributed by atoms with Gasteiger partial charge in [0.25, 0.3) is 5.91 Å². The van der Waals surface area contributed by atoms with Crippen LogP contribution in [0.3, 0.4) is 0 Å². The van der Waals surface area contributed by atoms with Gasteiger partial charge in [0.2, 0.25) is 11.5 Å². The molecule has 2 rings (SSSR count). The molecule has 0 N–H and O–H groups in total.